The van der Waals surface area contributed by atoms with Gasteiger partial charge in [-0.1, -0.05) is 97.4 Å². The Balaban J connectivity index is 1.90. The van der Waals surface area contributed by atoms with Crippen molar-refractivity contribution in [2.24, 2.45) is 0 Å². The molecule has 0 heterocycles. The van der Waals surface area contributed by atoms with Crippen molar-refractivity contribution in [3.63, 3.8) is 0 Å². The average Bonchev–Trinajstić information content (AvgIpc) is 2.86. The standard InChI is InChI=1S/C29H27NO3S/c1-3-23-16-18-26(19-17-23)30(34(32,33)27-20-14-22(2)15-21-27)29(31)28(24-10-6-4-7-11-24)25-12-8-5-9-13-25/h4-21,28H,3H2,1-2H3. The van der Waals surface area contributed by atoms with Crippen LogP contribution in [0.1, 0.15) is 35.1 Å². The molecule has 172 valence electrons. The number of carbonyl (C=O) groups is 1. The molecule has 0 atom stereocenters. The number of amides is 1. The first-order chi connectivity index (χ1) is 16.4. The molecule has 0 saturated carbocycles. The van der Waals surface area contributed by atoms with Crippen LogP contribution in [0.15, 0.2) is 114 Å². The zero-order valence-electron chi connectivity index (χ0n) is 19.3. The molecule has 0 aliphatic heterocycles. The normalized spacial score (nSPS) is 11.4. The number of rotatable bonds is 7. The maximum absolute atomic E-state index is 14.2. The van der Waals surface area contributed by atoms with Gasteiger partial charge in [0.25, 0.3) is 15.9 Å². The molecule has 0 spiro atoms. The van der Waals surface area contributed by atoms with Gasteiger partial charge in [0.05, 0.1) is 16.5 Å². The van der Waals surface area contributed by atoms with Crippen molar-refractivity contribution in [2.45, 2.75) is 31.1 Å². The first kappa shape index (κ1) is 23.5. The Morgan fingerprint density at radius 1 is 0.735 bits per heavy atom. The van der Waals surface area contributed by atoms with E-state index in [4.69, 9.17) is 0 Å². The van der Waals surface area contributed by atoms with Gasteiger partial charge in [-0.05, 0) is 54.3 Å². The van der Waals surface area contributed by atoms with Gasteiger partial charge in [-0.25, -0.2) is 12.7 Å². The van der Waals surface area contributed by atoms with Gasteiger partial charge in [-0.2, -0.15) is 0 Å². The van der Waals surface area contributed by atoms with E-state index in [1.54, 1.807) is 36.4 Å². The number of hydrogen-bond acceptors (Lipinski definition) is 3. The molecule has 0 bridgehead atoms. The van der Waals surface area contributed by atoms with Crippen LogP contribution in [-0.2, 0) is 21.2 Å². The SMILES string of the molecule is CCc1ccc(N(C(=O)C(c2ccccc2)c2ccccc2)S(=O)(=O)c2ccc(C)cc2)cc1. The van der Waals surface area contributed by atoms with E-state index in [1.807, 2.05) is 86.6 Å². The maximum Gasteiger partial charge on any atom is 0.270 e. The smallest absolute Gasteiger partial charge is 0.270 e. The highest BCUT2D eigenvalue weighted by Crippen LogP contribution is 2.33. The van der Waals surface area contributed by atoms with Gasteiger partial charge in [-0.15, -0.1) is 0 Å². The van der Waals surface area contributed by atoms with Crippen LogP contribution < -0.4 is 4.31 Å². The fourth-order valence-electron chi connectivity index (χ4n) is 3.95. The molecule has 4 nitrogen and oxygen atoms in total. The zero-order valence-corrected chi connectivity index (χ0v) is 20.1. The maximum atomic E-state index is 14.2. The Labute approximate surface area is 201 Å². The summed E-state index contributed by atoms with van der Waals surface area (Å²) in [5.74, 6) is -1.31. The summed E-state index contributed by atoms with van der Waals surface area (Å²) in [5.41, 5.74) is 3.78. The number of carbonyl (C=O) groups excluding carboxylic acids is 1. The molecule has 0 aliphatic carbocycles. The van der Waals surface area contributed by atoms with E-state index in [0.29, 0.717) is 5.69 Å². The van der Waals surface area contributed by atoms with Crippen molar-refractivity contribution in [3.05, 3.63) is 131 Å². The van der Waals surface area contributed by atoms with Gasteiger partial charge < -0.3 is 0 Å². The van der Waals surface area contributed by atoms with Crippen LogP contribution in [0.4, 0.5) is 5.69 Å². The summed E-state index contributed by atoms with van der Waals surface area (Å²) in [7, 11) is -4.17. The van der Waals surface area contributed by atoms with Crippen molar-refractivity contribution in [1.82, 2.24) is 0 Å². The van der Waals surface area contributed by atoms with Crippen molar-refractivity contribution >= 4 is 21.6 Å². The Morgan fingerprint density at radius 2 is 1.24 bits per heavy atom. The molecule has 34 heavy (non-hydrogen) atoms. The van der Waals surface area contributed by atoms with Gasteiger partial charge in [0.2, 0.25) is 0 Å². The molecular formula is C29H27NO3S. The minimum atomic E-state index is -4.17. The monoisotopic (exact) mass is 469 g/mol. The van der Waals surface area contributed by atoms with E-state index in [2.05, 4.69) is 0 Å². The van der Waals surface area contributed by atoms with Crippen LogP contribution in [0.2, 0.25) is 0 Å². The lowest BCUT2D eigenvalue weighted by atomic mass is 9.90. The van der Waals surface area contributed by atoms with Crippen molar-refractivity contribution in [3.8, 4) is 0 Å². The molecule has 0 radical (unpaired) electrons. The summed E-state index contributed by atoms with van der Waals surface area (Å²) in [6.45, 7) is 3.92. The predicted octanol–water partition coefficient (Wildman–Crippen LogP) is 6.11. The van der Waals surface area contributed by atoms with Crippen LogP contribution in [0, 0.1) is 6.92 Å². The summed E-state index contributed by atoms with van der Waals surface area (Å²) < 4.78 is 28.8. The summed E-state index contributed by atoms with van der Waals surface area (Å²) >= 11 is 0. The second-order valence-corrected chi connectivity index (χ2v) is 9.98. The summed E-state index contributed by atoms with van der Waals surface area (Å²) in [5, 5.41) is 0. The molecule has 4 aromatic carbocycles. The van der Waals surface area contributed by atoms with Crippen LogP contribution in [0.3, 0.4) is 0 Å². The Morgan fingerprint density at radius 3 is 1.71 bits per heavy atom. The summed E-state index contributed by atoms with van der Waals surface area (Å²) in [6.07, 6.45) is 0.815. The van der Waals surface area contributed by atoms with E-state index in [-0.39, 0.29) is 4.90 Å². The van der Waals surface area contributed by atoms with E-state index in [1.165, 1.54) is 0 Å². The second-order valence-electron chi connectivity index (χ2n) is 8.20. The lowest BCUT2D eigenvalue weighted by molar-refractivity contribution is -0.118. The van der Waals surface area contributed by atoms with Crippen LogP contribution in [-0.4, -0.2) is 14.3 Å². The van der Waals surface area contributed by atoms with E-state index in [0.717, 1.165) is 33.0 Å². The Hall–Kier alpha value is -3.70. The molecule has 1 amide bonds. The number of sulfonamides is 1. The van der Waals surface area contributed by atoms with Gasteiger partial charge in [-0.3, -0.25) is 4.79 Å². The number of aryl methyl sites for hydroxylation is 2. The van der Waals surface area contributed by atoms with Gasteiger partial charge in [0.1, 0.15) is 0 Å². The Kier molecular flexibility index (Phi) is 6.94. The highest BCUT2D eigenvalue weighted by Gasteiger charge is 2.37. The third kappa shape index (κ3) is 4.80. The Bertz CT molecular complexity index is 1310. The molecule has 5 heteroatoms. The van der Waals surface area contributed by atoms with E-state index < -0.39 is 21.8 Å². The van der Waals surface area contributed by atoms with Crippen molar-refractivity contribution in [1.29, 1.82) is 0 Å². The topological polar surface area (TPSA) is 54.5 Å². The number of benzene rings is 4. The molecular weight excluding hydrogens is 442 g/mol. The number of anilines is 1. The molecule has 0 N–H and O–H groups in total. The minimum Gasteiger partial charge on any atom is -0.272 e. The molecule has 4 rings (SSSR count). The van der Waals surface area contributed by atoms with Crippen molar-refractivity contribution in [2.75, 3.05) is 4.31 Å². The highest BCUT2D eigenvalue weighted by molar-refractivity contribution is 7.93. The van der Waals surface area contributed by atoms with Crippen LogP contribution >= 0.6 is 0 Å². The lowest BCUT2D eigenvalue weighted by Crippen LogP contribution is -2.40. The first-order valence-corrected chi connectivity index (χ1v) is 12.7. The molecule has 0 aliphatic rings. The summed E-state index contributed by atoms with van der Waals surface area (Å²) in [4.78, 5) is 14.3. The van der Waals surface area contributed by atoms with Crippen LogP contribution in [0.25, 0.3) is 0 Å². The molecule has 0 saturated heterocycles. The fraction of sp³-hybridized carbons (Fsp3) is 0.138. The second kappa shape index (κ2) is 10.1. The first-order valence-electron chi connectivity index (χ1n) is 11.3. The lowest BCUT2D eigenvalue weighted by Gasteiger charge is -2.28. The third-order valence-corrected chi connectivity index (χ3v) is 7.59. The molecule has 0 unspecified atom stereocenters. The molecule has 0 aromatic heterocycles. The third-order valence-electron chi connectivity index (χ3n) is 5.85. The van der Waals surface area contributed by atoms with Crippen molar-refractivity contribution < 1.29 is 13.2 Å². The quantitative estimate of drug-likeness (QED) is 0.328. The van der Waals surface area contributed by atoms with Crippen LogP contribution in [0.5, 0.6) is 0 Å². The van der Waals surface area contributed by atoms with E-state index in [9.17, 15) is 13.2 Å². The van der Waals surface area contributed by atoms with Gasteiger partial charge in [0.15, 0.2) is 0 Å². The largest absolute Gasteiger partial charge is 0.272 e. The number of nitrogens with zero attached hydrogens (tertiary/aromatic N) is 1. The van der Waals surface area contributed by atoms with Gasteiger partial charge in [0, 0.05) is 0 Å². The average molecular weight is 470 g/mol. The highest BCUT2D eigenvalue weighted by atomic mass is 32.2. The fourth-order valence-corrected chi connectivity index (χ4v) is 5.39. The van der Waals surface area contributed by atoms with E-state index >= 15 is 0 Å². The minimum absolute atomic E-state index is 0.0749. The molecule has 0 fully saturated rings. The molecule has 4 aromatic rings. The zero-order chi connectivity index (χ0) is 24.1. The summed E-state index contributed by atoms with van der Waals surface area (Å²) in [6, 6.07) is 32.3. The van der Waals surface area contributed by atoms with Gasteiger partial charge >= 0.3 is 0 Å². The predicted molar refractivity (Wildman–Crippen MR) is 136 cm³/mol. The number of hydrogen-bond donors (Lipinski definition) is 0.